The molecule has 0 saturated carbocycles. The van der Waals surface area contributed by atoms with Crippen LogP contribution in [0.1, 0.15) is 51.9 Å². The number of hydrogen-bond donors (Lipinski definition) is 0. The van der Waals surface area contributed by atoms with E-state index in [-0.39, 0.29) is 5.97 Å². The number of carbonyl (C=O) groups excluding carboxylic acids is 1. The fourth-order valence-corrected chi connectivity index (χ4v) is 3.18. The Kier molecular flexibility index (Phi) is 6.50. The van der Waals surface area contributed by atoms with Gasteiger partial charge in [-0.05, 0) is 58.0 Å². The normalized spacial score (nSPS) is 23.5. The number of hydrogen-bond acceptors (Lipinski definition) is 3. The zero-order valence-corrected chi connectivity index (χ0v) is 13.4. The lowest BCUT2D eigenvalue weighted by Crippen LogP contribution is -2.35. The average molecular weight is 291 g/mol. The van der Waals surface area contributed by atoms with Crippen LogP contribution in [0.25, 0.3) is 0 Å². The maximum absolute atomic E-state index is 11.8. The van der Waals surface area contributed by atoms with Gasteiger partial charge in [0.2, 0.25) is 0 Å². The predicted octanol–water partition coefficient (Wildman–Crippen LogP) is 3.71. The second-order valence-corrected chi connectivity index (χ2v) is 6.49. The Morgan fingerprint density at radius 2 is 2.14 bits per heavy atom. The molecule has 0 aromatic heterocycles. The Labute approximate surface area is 129 Å². The first-order chi connectivity index (χ1) is 10.1. The number of nitrogens with zero attached hydrogens (tertiary/aromatic N) is 1. The summed E-state index contributed by atoms with van der Waals surface area (Å²) in [5, 5.41) is 0. The first kappa shape index (κ1) is 16.3. The van der Waals surface area contributed by atoms with E-state index < -0.39 is 0 Å². The summed E-state index contributed by atoms with van der Waals surface area (Å²) in [5.74, 6) is 0.499. The molecule has 1 atom stereocenters. The molecule has 1 aliphatic heterocycles. The van der Waals surface area contributed by atoms with Crippen LogP contribution in [0, 0.1) is 5.92 Å². The van der Waals surface area contributed by atoms with E-state index in [1.165, 1.54) is 43.3 Å². The molecule has 0 radical (unpaired) electrons. The van der Waals surface area contributed by atoms with Crippen LogP contribution in [-0.2, 0) is 9.53 Å². The van der Waals surface area contributed by atoms with E-state index in [1.807, 2.05) is 0 Å². The molecule has 0 aromatic carbocycles. The van der Waals surface area contributed by atoms with Gasteiger partial charge in [0.1, 0.15) is 0 Å². The van der Waals surface area contributed by atoms with Crippen molar-refractivity contribution in [2.24, 2.45) is 5.92 Å². The van der Waals surface area contributed by atoms with Gasteiger partial charge >= 0.3 is 5.97 Å². The number of ether oxygens (including phenoxy) is 1. The number of rotatable bonds is 6. The highest BCUT2D eigenvalue weighted by Gasteiger charge is 2.17. The highest BCUT2D eigenvalue weighted by atomic mass is 16.5. The molecule has 0 bridgehead atoms. The fourth-order valence-electron chi connectivity index (χ4n) is 3.18. The van der Waals surface area contributed by atoms with Crippen LogP contribution in [0.4, 0.5) is 0 Å². The van der Waals surface area contributed by atoms with Crippen LogP contribution < -0.4 is 0 Å². The van der Waals surface area contributed by atoms with E-state index in [0.717, 1.165) is 25.9 Å². The molecule has 3 heteroatoms. The minimum absolute atomic E-state index is 0.0796. The lowest BCUT2D eigenvalue weighted by atomic mass is 9.84. The SMILES string of the molecule is C=C(CCOC(=O)CN1CCCCC1)C1CC=C(C)CC1. The van der Waals surface area contributed by atoms with Crippen LogP contribution in [-0.4, -0.2) is 37.1 Å². The second kappa shape index (κ2) is 8.38. The molecule has 1 aliphatic carbocycles. The van der Waals surface area contributed by atoms with Crippen molar-refractivity contribution >= 4 is 5.97 Å². The van der Waals surface area contributed by atoms with E-state index in [4.69, 9.17) is 4.74 Å². The van der Waals surface area contributed by atoms with E-state index in [2.05, 4.69) is 24.5 Å². The van der Waals surface area contributed by atoms with Crippen molar-refractivity contribution in [3.8, 4) is 0 Å². The van der Waals surface area contributed by atoms with Crippen LogP contribution >= 0.6 is 0 Å². The number of piperidine rings is 1. The molecule has 118 valence electrons. The van der Waals surface area contributed by atoms with Crippen molar-refractivity contribution < 1.29 is 9.53 Å². The van der Waals surface area contributed by atoms with Crippen molar-refractivity contribution in [3.63, 3.8) is 0 Å². The van der Waals surface area contributed by atoms with Gasteiger partial charge in [0.05, 0.1) is 13.2 Å². The number of allylic oxidation sites excluding steroid dienone is 2. The molecule has 0 aromatic rings. The van der Waals surface area contributed by atoms with Gasteiger partial charge < -0.3 is 4.74 Å². The Balaban J connectivity index is 1.60. The molecule has 0 spiro atoms. The van der Waals surface area contributed by atoms with Crippen LogP contribution in [0.15, 0.2) is 23.8 Å². The lowest BCUT2D eigenvalue weighted by Gasteiger charge is -2.25. The minimum Gasteiger partial charge on any atom is -0.464 e. The third-order valence-electron chi connectivity index (χ3n) is 4.70. The summed E-state index contributed by atoms with van der Waals surface area (Å²) in [4.78, 5) is 14.0. The van der Waals surface area contributed by atoms with E-state index in [9.17, 15) is 4.79 Å². The van der Waals surface area contributed by atoms with Gasteiger partial charge in [-0.25, -0.2) is 0 Å². The summed E-state index contributed by atoms with van der Waals surface area (Å²) in [7, 11) is 0. The molecule has 0 N–H and O–H groups in total. The minimum atomic E-state index is -0.0796. The van der Waals surface area contributed by atoms with Crippen LogP contribution in [0.5, 0.6) is 0 Å². The van der Waals surface area contributed by atoms with Crippen molar-refractivity contribution in [2.75, 3.05) is 26.2 Å². The lowest BCUT2D eigenvalue weighted by molar-refractivity contribution is -0.145. The number of likely N-dealkylation sites (tertiary alicyclic amines) is 1. The second-order valence-electron chi connectivity index (χ2n) is 6.49. The topological polar surface area (TPSA) is 29.5 Å². The smallest absolute Gasteiger partial charge is 0.320 e. The quantitative estimate of drug-likeness (QED) is 0.552. The van der Waals surface area contributed by atoms with Gasteiger partial charge in [0.15, 0.2) is 0 Å². The summed E-state index contributed by atoms with van der Waals surface area (Å²) in [6, 6.07) is 0. The molecule has 1 saturated heterocycles. The Bertz CT molecular complexity index is 394. The van der Waals surface area contributed by atoms with E-state index in [1.54, 1.807) is 0 Å². The molecular formula is C18H29NO2. The monoisotopic (exact) mass is 291 g/mol. The standard InChI is InChI=1S/C18H29NO2/c1-15-6-8-17(9-7-15)16(2)10-13-21-18(20)14-19-11-4-3-5-12-19/h6,17H,2-5,7-14H2,1H3. The average Bonchev–Trinajstić information content (AvgIpc) is 2.49. The molecule has 21 heavy (non-hydrogen) atoms. The largest absolute Gasteiger partial charge is 0.464 e. The van der Waals surface area contributed by atoms with Gasteiger partial charge in [-0.3, -0.25) is 9.69 Å². The number of esters is 1. The third kappa shape index (κ3) is 5.66. The van der Waals surface area contributed by atoms with Gasteiger partial charge in [0, 0.05) is 6.42 Å². The highest BCUT2D eigenvalue weighted by molar-refractivity contribution is 5.71. The molecular weight excluding hydrogens is 262 g/mol. The first-order valence-corrected chi connectivity index (χ1v) is 8.36. The zero-order valence-electron chi connectivity index (χ0n) is 13.4. The summed E-state index contributed by atoms with van der Waals surface area (Å²) < 4.78 is 5.37. The van der Waals surface area contributed by atoms with Gasteiger partial charge in [-0.1, -0.05) is 30.2 Å². The number of carbonyl (C=O) groups is 1. The third-order valence-corrected chi connectivity index (χ3v) is 4.70. The van der Waals surface area contributed by atoms with Crippen molar-refractivity contribution in [1.29, 1.82) is 0 Å². The summed E-state index contributed by atoms with van der Waals surface area (Å²) >= 11 is 0. The highest BCUT2D eigenvalue weighted by Crippen LogP contribution is 2.29. The van der Waals surface area contributed by atoms with E-state index in [0.29, 0.717) is 19.1 Å². The Morgan fingerprint density at radius 1 is 1.38 bits per heavy atom. The first-order valence-electron chi connectivity index (χ1n) is 8.36. The van der Waals surface area contributed by atoms with E-state index >= 15 is 0 Å². The van der Waals surface area contributed by atoms with Gasteiger partial charge in [0.25, 0.3) is 0 Å². The van der Waals surface area contributed by atoms with Gasteiger partial charge in [-0.2, -0.15) is 0 Å². The summed E-state index contributed by atoms with van der Waals surface area (Å²) in [6.45, 7) is 9.40. The van der Waals surface area contributed by atoms with Crippen molar-refractivity contribution in [1.82, 2.24) is 4.90 Å². The fraction of sp³-hybridized carbons (Fsp3) is 0.722. The summed E-state index contributed by atoms with van der Waals surface area (Å²) in [5.41, 5.74) is 2.73. The Hall–Kier alpha value is -1.09. The molecule has 3 nitrogen and oxygen atoms in total. The van der Waals surface area contributed by atoms with Gasteiger partial charge in [-0.15, -0.1) is 0 Å². The maximum atomic E-state index is 11.8. The Morgan fingerprint density at radius 3 is 2.81 bits per heavy atom. The summed E-state index contributed by atoms with van der Waals surface area (Å²) in [6.07, 6.45) is 10.3. The molecule has 2 aliphatic rings. The van der Waals surface area contributed by atoms with Crippen LogP contribution in [0.3, 0.4) is 0 Å². The molecule has 2 rings (SSSR count). The molecule has 0 amide bonds. The van der Waals surface area contributed by atoms with Crippen LogP contribution in [0.2, 0.25) is 0 Å². The van der Waals surface area contributed by atoms with Crippen molar-refractivity contribution in [2.45, 2.75) is 51.9 Å². The molecule has 1 heterocycles. The predicted molar refractivity (Wildman–Crippen MR) is 86.1 cm³/mol. The zero-order chi connectivity index (χ0) is 15.1. The molecule has 1 unspecified atom stereocenters. The maximum Gasteiger partial charge on any atom is 0.320 e. The van der Waals surface area contributed by atoms with Crippen molar-refractivity contribution in [3.05, 3.63) is 23.8 Å². The molecule has 1 fully saturated rings.